The van der Waals surface area contributed by atoms with Gasteiger partial charge < -0.3 is 19.0 Å². The number of methoxy groups -OCH3 is 1. The van der Waals surface area contributed by atoms with E-state index in [1.54, 1.807) is 26.8 Å². The number of ketones is 1. The summed E-state index contributed by atoms with van der Waals surface area (Å²) in [7, 11) is 1.27. The van der Waals surface area contributed by atoms with Gasteiger partial charge in [-0.15, -0.1) is 0 Å². The van der Waals surface area contributed by atoms with Gasteiger partial charge in [-0.1, -0.05) is 51.5 Å². The van der Waals surface area contributed by atoms with Crippen molar-refractivity contribution in [3.05, 3.63) is 69.9 Å². The fourth-order valence-electron chi connectivity index (χ4n) is 2.97. The quantitative estimate of drug-likeness (QED) is 0.419. The third-order valence-corrected chi connectivity index (χ3v) is 5.01. The summed E-state index contributed by atoms with van der Waals surface area (Å²) in [6, 6.07) is 9.42. The van der Waals surface area contributed by atoms with E-state index >= 15 is 0 Å². The van der Waals surface area contributed by atoms with Gasteiger partial charge in [-0.05, 0) is 45.7 Å². The first-order chi connectivity index (χ1) is 16.8. The zero-order valence-corrected chi connectivity index (χ0v) is 22.5. The third kappa shape index (κ3) is 10.4. The normalized spacial score (nSPS) is 12.0. The standard InChI is InChI=1S/C18H25NO6.C10H14O/c1-11(8-6-7-9-19-17(23)24-5)13-10-12(20)14(16(22)25-13)15(21)18(2,3)4;1-8(2)11-10-6-4-9(3)5-7-10/h7,9-11,20H,6,8H2,1-5H3,(H,19,23);4-8H,1-3H3/b9-7+;. The average molecular weight is 502 g/mol. The number of aromatic hydroxyl groups is 1. The fourth-order valence-corrected chi connectivity index (χ4v) is 2.97. The third-order valence-electron chi connectivity index (χ3n) is 5.01. The lowest BCUT2D eigenvalue weighted by atomic mass is 9.86. The van der Waals surface area contributed by atoms with Crippen LogP contribution in [-0.2, 0) is 4.74 Å². The van der Waals surface area contributed by atoms with Crippen molar-refractivity contribution in [3.8, 4) is 11.5 Å². The van der Waals surface area contributed by atoms with E-state index in [2.05, 4.69) is 29.1 Å². The van der Waals surface area contributed by atoms with E-state index in [9.17, 15) is 19.5 Å². The molecular weight excluding hydrogens is 462 g/mol. The largest absolute Gasteiger partial charge is 0.507 e. The summed E-state index contributed by atoms with van der Waals surface area (Å²) in [6.07, 6.45) is 4.14. The van der Waals surface area contributed by atoms with Gasteiger partial charge in [0.25, 0.3) is 0 Å². The number of hydrogen-bond acceptors (Lipinski definition) is 7. The minimum absolute atomic E-state index is 0.153. The number of benzene rings is 1. The molecule has 1 aromatic heterocycles. The van der Waals surface area contributed by atoms with Gasteiger partial charge in [0.1, 0.15) is 22.8 Å². The van der Waals surface area contributed by atoms with Crippen LogP contribution < -0.4 is 15.7 Å². The topological polar surface area (TPSA) is 115 Å². The summed E-state index contributed by atoms with van der Waals surface area (Å²) in [5.41, 5.74) is -0.673. The zero-order chi connectivity index (χ0) is 27.5. The molecular formula is C28H39NO7. The minimum atomic E-state index is -0.829. The van der Waals surface area contributed by atoms with Gasteiger partial charge in [0.2, 0.25) is 0 Å². The summed E-state index contributed by atoms with van der Waals surface area (Å²) in [5, 5.41) is 12.5. The van der Waals surface area contributed by atoms with E-state index in [4.69, 9.17) is 9.15 Å². The van der Waals surface area contributed by atoms with E-state index in [0.717, 1.165) is 5.75 Å². The molecule has 8 heteroatoms. The van der Waals surface area contributed by atoms with E-state index in [-0.39, 0.29) is 23.3 Å². The molecule has 1 amide bonds. The molecule has 0 saturated heterocycles. The van der Waals surface area contributed by atoms with Gasteiger partial charge in [-0.2, -0.15) is 0 Å². The Bertz CT molecular complexity index is 1080. The maximum absolute atomic E-state index is 12.2. The molecule has 198 valence electrons. The predicted octanol–water partition coefficient (Wildman–Crippen LogP) is 6.11. The molecule has 0 radical (unpaired) electrons. The van der Waals surface area contributed by atoms with Crippen LogP contribution in [0.3, 0.4) is 0 Å². The number of allylic oxidation sites excluding steroid dienone is 1. The Balaban J connectivity index is 0.000000488. The van der Waals surface area contributed by atoms with Gasteiger partial charge in [-0.25, -0.2) is 9.59 Å². The van der Waals surface area contributed by atoms with Crippen LogP contribution in [-0.4, -0.2) is 30.2 Å². The van der Waals surface area contributed by atoms with Crippen LogP contribution in [0.5, 0.6) is 11.5 Å². The van der Waals surface area contributed by atoms with Crippen LogP contribution in [0.15, 0.2) is 51.8 Å². The molecule has 8 nitrogen and oxygen atoms in total. The molecule has 2 rings (SSSR count). The highest BCUT2D eigenvalue weighted by atomic mass is 16.5. The lowest BCUT2D eigenvalue weighted by Gasteiger charge is -2.17. The number of amides is 1. The molecule has 2 N–H and O–H groups in total. The molecule has 0 aliphatic rings. The molecule has 2 aromatic rings. The van der Waals surface area contributed by atoms with Crippen LogP contribution in [0, 0.1) is 12.3 Å². The number of Topliss-reactive ketones (excluding diaryl/α,β-unsaturated/α-hetero) is 1. The summed E-state index contributed by atoms with van der Waals surface area (Å²) < 4.78 is 15.1. The van der Waals surface area contributed by atoms with Crippen LogP contribution in [0.4, 0.5) is 4.79 Å². The summed E-state index contributed by atoms with van der Waals surface area (Å²) in [5.74, 6) is 0.281. The molecule has 1 atom stereocenters. The highest BCUT2D eigenvalue weighted by Crippen LogP contribution is 2.28. The number of rotatable bonds is 8. The minimum Gasteiger partial charge on any atom is -0.507 e. The molecule has 0 fully saturated rings. The Morgan fingerprint density at radius 2 is 1.75 bits per heavy atom. The summed E-state index contributed by atoms with van der Waals surface area (Å²) in [4.78, 5) is 35.2. The molecule has 0 aliphatic heterocycles. The number of aryl methyl sites for hydroxylation is 1. The van der Waals surface area contributed by atoms with Gasteiger partial charge >= 0.3 is 11.7 Å². The maximum atomic E-state index is 12.2. The molecule has 36 heavy (non-hydrogen) atoms. The zero-order valence-electron chi connectivity index (χ0n) is 22.5. The molecule has 1 unspecified atom stereocenters. The van der Waals surface area contributed by atoms with Crippen LogP contribution in [0.25, 0.3) is 0 Å². The number of nitrogens with one attached hydrogen (secondary N) is 1. The van der Waals surface area contributed by atoms with Crippen molar-refractivity contribution in [2.45, 2.75) is 73.3 Å². The van der Waals surface area contributed by atoms with Crippen LogP contribution in [0.1, 0.15) is 82.0 Å². The molecule has 0 spiro atoms. The Hall–Kier alpha value is -3.55. The lowest BCUT2D eigenvalue weighted by molar-refractivity contribution is 0.0850. The van der Waals surface area contributed by atoms with Gasteiger partial charge in [0.15, 0.2) is 5.78 Å². The smallest absolute Gasteiger partial charge is 0.410 e. The van der Waals surface area contributed by atoms with Gasteiger partial charge in [0.05, 0.1) is 13.2 Å². The van der Waals surface area contributed by atoms with Crippen molar-refractivity contribution in [3.63, 3.8) is 0 Å². The maximum Gasteiger partial charge on any atom is 0.410 e. The second kappa shape index (κ2) is 14.1. The Labute approximate surface area is 213 Å². The average Bonchev–Trinajstić information content (AvgIpc) is 2.79. The van der Waals surface area contributed by atoms with Crippen molar-refractivity contribution >= 4 is 11.9 Å². The molecule has 0 saturated carbocycles. The highest BCUT2D eigenvalue weighted by molar-refractivity contribution is 6.01. The first kappa shape index (κ1) is 30.5. The number of hydrogen-bond donors (Lipinski definition) is 2. The number of carbonyl (C=O) groups is 2. The van der Waals surface area contributed by atoms with E-state index in [1.165, 1.54) is 24.9 Å². The highest BCUT2D eigenvalue weighted by Gasteiger charge is 2.29. The second-order valence-corrected chi connectivity index (χ2v) is 9.77. The fraction of sp³-hybridized carbons (Fsp3) is 0.464. The SMILES string of the molecule is COC(=O)N/C=C/CCC(C)c1cc(O)c(C(=O)C(C)(C)C)c(=O)o1.Cc1ccc(OC(C)C)cc1. The van der Waals surface area contributed by atoms with Crippen molar-refractivity contribution < 1.29 is 28.6 Å². The second-order valence-electron chi connectivity index (χ2n) is 9.77. The monoisotopic (exact) mass is 501 g/mol. The van der Waals surface area contributed by atoms with Crippen molar-refractivity contribution in [2.24, 2.45) is 5.41 Å². The first-order valence-electron chi connectivity index (χ1n) is 11.9. The van der Waals surface area contributed by atoms with E-state index < -0.39 is 22.9 Å². The first-order valence-corrected chi connectivity index (χ1v) is 11.9. The van der Waals surface area contributed by atoms with Gasteiger partial charge in [0, 0.05) is 23.6 Å². The van der Waals surface area contributed by atoms with Gasteiger partial charge in [-0.3, -0.25) is 10.1 Å². The molecule has 0 bridgehead atoms. The number of ether oxygens (including phenoxy) is 2. The van der Waals surface area contributed by atoms with Crippen molar-refractivity contribution in [2.75, 3.05) is 7.11 Å². The van der Waals surface area contributed by atoms with Crippen LogP contribution >= 0.6 is 0 Å². The Kier molecular flexibility index (Phi) is 12.0. The number of carbonyl (C=O) groups excluding carboxylic acids is 2. The van der Waals surface area contributed by atoms with E-state index in [1.807, 2.05) is 32.9 Å². The summed E-state index contributed by atoms with van der Waals surface area (Å²) >= 11 is 0. The van der Waals surface area contributed by atoms with Crippen LogP contribution in [0.2, 0.25) is 0 Å². The molecule has 1 aromatic carbocycles. The summed E-state index contributed by atoms with van der Waals surface area (Å²) in [6.45, 7) is 13.0. The van der Waals surface area contributed by atoms with Crippen molar-refractivity contribution in [1.29, 1.82) is 0 Å². The molecule has 1 heterocycles. The number of alkyl carbamates (subject to hydrolysis) is 1. The van der Waals surface area contributed by atoms with E-state index in [0.29, 0.717) is 18.6 Å². The van der Waals surface area contributed by atoms with Crippen molar-refractivity contribution in [1.82, 2.24) is 5.32 Å². The predicted molar refractivity (Wildman–Crippen MR) is 140 cm³/mol. The Morgan fingerprint density at radius 3 is 2.25 bits per heavy atom. The Morgan fingerprint density at radius 1 is 1.14 bits per heavy atom. The lowest BCUT2D eigenvalue weighted by Crippen LogP contribution is -2.26. The molecule has 0 aliphatic carbocycles.